The van der Waals surface area contributed by atoms with E-state index in [2.05, 4.69) is 10.3 Å². The highest BCUT2D eigenvalue weighted by atomic mass is 16.5. The topological polar surface area (TPSA) is 54.4 Å². The molecule has 1 unspecified atom stereocenters. The molecule has 4 nitrogen and oxygen atoms in total. The SMILES string of the molecule is COCCNC(C)(CO)c1cccnc1. The molecule has 0 aliphatic carbocycles. The van der Waals surface area contributed by atoms with Crippen molar-refractivity contribution in [2.24, 2.45) is 0 Å². The quantitative estimate of drug-likeness (QED) is 0.672. The molecule has 1 aromatic rings. The average molecular weight is 210 g/mol. The fraction of sp³-hybridized carbons (Fsp3) is 0.545. The third kappa shape index (κ3) is 3.27. The fourth-order valence-electron chi connectivity index (χ4n) is 1.37. The van der Waals surface area contributed by atoms with Crippen LogP contribution >= 0.6 is 0 Å². The Labute approximate surface area is 90.3 Å². The number of ether oxygens (including phenoxy) is 1. The van der Waals surface area contributed by atoms with Crippen LogP contribution in [0.5, 0.6) is 0 Å². The zero-order chi connectivity index (χ0) is 11.1. The van der Waals surface area contributed by atoms with Crippen molar-refractivity contribution in [2.45, 2.75) is 12.5 Å². The van der Waals surface area contributed by atoms with Gasteiger partial charge in [-0.25, -0.2) is 0 Å². The summed E-state index contributed by atoms with van der Waals surface area (Å²) in [5, 5.41) is 12.7. The van der Waals surface area contributed by atoms with Crippen molar-refractivity contribution < 1.29 is 9.84 Å². The maximum absolute atomic E-state index is 9.41. The Hall–Kier alpha value is -0.970. The van der Waals surface area contributed by atoms with E-state index >= 15 is 0 Å². The minimum atomic E-state index is -0.452. The molecule has 0 aliphatic rings. The van der Waals surface area contributed by atoms with Gasteiger partial charge in [0.05, 0.1) is 18.8 Å². The van der Waals surface area contributed by atoms with Gasteiger partial charge in [0.2, 0.25) is 0 Å². The van der Waals surface area contributed by atoms with Gasteiger partial charge in [-0.3, -0.25) is 4.98 Å². The smallest absolute Gasteiger partial charge is 0.0656 e. The maximum Gasteiger partial charge on any atom is 0.0656 e. The molecule has 0 radical (unpaired) electrons. The maximum atomic E-state index is 9.41. The number of hydrogen-bond donors (Lipinski definition) is 2. The van der Waals surface area contributed by atoms with Gasteiger partial charge in [-0.2, -0.15) is 0 Å². The van der Waals surface area contributed by atoms with Crippen LogP contribution in [0.4, 0.5) is 0 Å². The zero-order valence-corrected chi connectivity index (χ0v) is 9.23. The largest absolute Gasteiger partial charge is 0.394 e. The van der Waals surface area contributed by atoms with Gasteiger partial charge < -0.3 is 15.2 Å². The summed E-state index contributed by atoms with van der Waals surface area (Å²) in [6, 6.07) is 3.81. The van der Waals surface area contributed by atoms with Crippen molar-refractivity contribution in [1.29, 1.82) is 0 Å². The lowest BCUT2D eigenvalue weighted by molar-refractivity contribution is 0.148. The molecule has 0 saturated carbocycles. The van der Waals surface area contributed by atoms with Gasteiger partial charge in [-0.05, 0) is 18.6 Å². The molecule has 0 fully saturated rings. The van der Waals surface area contributed by atoms with E-state index in [1.807, 2.05) is 19.1 Å². The molecule has 84 valence electrons. The Kier molecular flexibility index (Phi) is 4.68. The van der Waals surface area contributed by atoms with Crippen LogP contribution in [0.15, 0.2) is 24.5 Å². The van der Waals surface area contributed by atoms with Gasteiger partial charge in [-0.1, -0.05) is 6.07 Å². The fourth-order valence-corrected chi connectivity index (χ4v) is 1.37. The summed E-state index contributed by atoms with van der Waals surface area (Å²) in [7, 11) is 1.65. The normalized spacial score (nSPS) is 14.9. The second-order valence-electron chi connectivity index (χ2n) is 3.65. The van der Waals surface area contributed by atoms with Crippen molar-refractivity contribution in [1.82, 2.24) is 10.3 Å². The Morgan fingerprint density at radius 2 is 2.40 bits per heavy atom. The highest BCUT2D eigenvalue weighted by molar-refractivity contribution is 5.19. The van der Waals surface area contributed by atoms with Crippen molar-refractivity contribution in [3.8, 4) is 0 Å². The first kappa shape index (κ1) is 12.1. The second kappa shape index (κ2) is 5.80. The molecular formula is C11H18N2O2. The molecule has 0 saturated heterocycles. The van der Waals surface area contributed by atoms with E-state index < -0.39 is 5.54 Å². The van der Waals surface area contributed by atoms with Crippen LogP contribution in [0.25, 0.3) is 0 Å². The van der Waals surface area contributed by atoms with Gasteiger partial charge in [0.25, 0.3) is 0 Å². The predicted molar refractivity (Wildman–Crippen MR) is 58.6 cm³/mol. The highest BCUT2D eigenvalue weighted by Gasteiger charge is 2.24. The number of aliphatic hydroxyl groups is 1. The zero-order valence-electron chi connectivity index (χ0n) is 9.23. The summed E-state index contributed by atoms with van der Waals surface area (Å²) < 4.78 is 4.96. The van der Waals surface area contributed by atoms with E-state index in [1.165, 1.54) is 0 Å². The molecule has 4 heteroatoms. The first-order chi connectivity index (χ1) is 7.23. The van der Waals surface area contributed by atoms with Crippen molar-refractivity contribution in [3.63, 3.8) is 0 Å². The first-order valence-electron chi connectivity index (χ1n) is 4.98. The Morgan fingerprint density at radius 3 is 2.93 bits per heavy atom. The van der Waals surface area contributed by atoms with Crippen LogP contribution in [0, 0.1) is 0 Å². The third-order valence-electron chi connectivity index (χ3n) is 2.44. The number of hydrogen-bond acceptors (Lipinski definition) is 4. The van der Waals surface area contributed by atoms with E-state index in [0.717, 1.165) is 5.56 Å². The van der Waals surface area contributed by atoms with Gasteiger partial charge in [0.1, 0.15) is 0 Å². The number of aromatic nitrogens is 1. The van der Waals surface area contributed by atoms with Gasteiger partial charge in [-0.15, -0.1) is 0 Å². The number of aliphatic hydroxyl groups excluding tert-OH is 1. The summed E-state index contributed by atoms with van der Waals surface area (Å²) in [6.45, 7) is 3.29. The van der Waals surface area contributed by atoms with Crippen LogP contribution in [-0.2, 0) is 10.3 Å². The number of nitrogens with zero attached hydrogens (tertiary/aromatic N) is 1. The van der Waals surface area contributed by atoms with E-state index in [4.69, 9.17) is 4.74 Å². The number of pyridine rings is 1. The molecule has 1 heterocycles. The van der Waals surface area contributed by atoms with Crippen LogP contribution in [0.3, 0.4) is 0 Å². The molecule has 0 bridgehead atoms. The van der Waals surface area contributed by atoms with E-state index in [0.29, 0.717) is 13.2 Å². The standard InChI is InChI=1S/C11H18N2O2/c1-11(9-14,13-6-7-15-2)10-4-3-5-12-8-10/h3-5,8,13-14H,6-7,9H2,1-2H3. The van der Waals surface area contributed by atoms with Gasteiger partial charge in [0.15, 0.2) is 0 Å². The number of methoxy groups -OCH3 is 1. The lowest BCUT2D eigenvalue weighted by Gasteiger charge is -2.29. The van der Waals surface area contributed by atoms with Crippen molar-refractivity contribution >= 4 is 0 Å². The molecular weight excluding hydrogens is 192 g/mol. The molecule has 0 aromatic carbocycles. The monoisotopic (exact) mass is 210 g/mol. The molecule has 2 N–H and O–H groups in total. The lowest BCUT2D eigenvalue weighted by atomic mass is 9.94. The van der Waals surface area contributed by atoms with Crippen LogP contribution < -0.4 is 5.32 Å². The summed E-state index contributed by atoms with van der Waals surface area (Å²) in [6.07, 6.45) is 3.48. The minimum absolute atomic E-state index is 0.0302. The van der Waals surface area contributed by atoms with Crippen LogP contribution in [-0.4, -0.2) is 37.0 Å². The Morgan fingerprint density at radius 1 is 1.60 bits per heavy atom. The molecule has 15 heavy (non-hydrogen) atoms. The molecule has 1 atom stereocenters. The van der Waals surface area contributed by atoms with E-state index in [9.17, 15) is 5.11 Å². The summed E-state index contributed by atoms with van der Waals surface area (Å²) in [4.78, 5) is 4.04. The molecule has 0 aliphatic heterocycles. The van der Waals surface area contributed by atoms with Crippen molar-refractivity contribution in [3.05, 3.63) is 30.1 Å². The molecule has 0 amide bonds. The minimum Gasteiger partial charge on any atom is -0.394 e. The van der Waals surface area contributed by atoms with Gasteiger partial charge in [0, 0.05) is 26.0 Å². The van der Waals surface area contributed by atoms with Gasteiger partial charge >= 0.3 is 0 Å². The van der Waals surface area contributed by atoms with Crippen LogP contribution in [0.2, 0.25) is 0 Å². The van der Waals surface area contributed by atoms with E-state index in [1.54, 1.807) is 19.5 Å². The highest BCUT2D eigenvalue weighted by Crippen LogP contribution is 2.18. The van der Waals surface area contributed by atoms with Crippen LogP contribution in [0.1, 0.15) is 12.5 Å². The van der Waals surface area contributed by atoms with Crippen molar-refractivity contribution in [2.75, 3.05) is 26.9 Å². The predicted octanol–water partition coefficient (Wildman–Crippen LogP) is 0.525. The number of nitrogens with one attached hydrogen (secondary N) is 1. The molecule has 1 aromatic heterocycles. The molecule has 1 rings (SSSR count). The third-order valence-corrected chi connectivity index (χ3v) is 2.44. The molecule has 0 spiro atoms. The number of rotatable bonds is 6. The summed E-state index contributed by atoms with van der Waals surface area (Å²) in [5.74, 6) is 0. The Bertz CT molecular complexity index is 279. The summed E-state index contributed by atoms with van der Waals surface area (Å²) in [5.41, 5.74) is 0.524. The summed E-state index contributed by atoms with van der Waals surface area (Å²) >= 11 is 0. The second-order valence-corrected chi connectivity index (χ2v) is 3.65. The van der Waals surface area contributed by atoms with E-state index in [-0.39, 0.29) is 6.61 Å². The Balaban J connectivity index is 2.67. The average Bonchev–Trinajstić information content (AvgIpc) is 2.30. The lowest BCUT2D eigenvalue weighted by Crippen LogP contribution is -2.44. The first-order valence-corrected chi connectivity index (χ1v) is 4.98.